The molecule has 1 N–H and O–H groups in total. The average molecular weight is 291 g/mol. The lowest BCUT2D eigenvalue weighted by molar-refractivity contribution is -0.0639. The van der Waals surface area contributed by atoms with Crippen molar-refractivity contribution in [3.63, 3.8) is 0 Å². The van der Waals surface area contributed by atoms with Crippen molar-refractivity contribution in [2.45, 2.75) is 76.7 Å². The first kappa shape index (κ1) is 14.5. The molecule has 5 aliphatic rings. The molecule has 0 aromatic rings. The molecular formula is C19H33NO. The summed E-state index contributed by atoms with van der Waals surface area (Å²) >= 11 is 0. The van der Waals surface area contributed by atoms with Crippen molar-refractivity contribution >= 4 is 0 Å². The Labute approximate surface area is 130 Å². The maximum Gasteiger partial charge on any atom is 0.0443 e. The highest BCUT2D eigenvalue weighted by atomic mass is 16.3. The van der Waals surface area contributed by atoms with Gasteiger partial charge in [0.05, 0.1) is 0 Å². The quantitative estimate of drug-likeness (QED) is 0.770. The van der Waals surface area contributed by atoms with E-state index in [4.69, 9.17) is 5.11 Å². The van der Waals surface area contributed by atoms with Gasteiger partial charge >= 0.3 is 0 Å². The lowest BCUT2D eigenvalue weighted by Gasteiger charge is -2.57. The molecule has 0 unspecified atom stereocenters. The molecule has 0 atom stereocenters. The van der Waals surface area contributed by atoms with E-state index < -0.39 is 0 Å². The van der Waals surface area contributed by atoms with E-state index >= 15 is 0 Å². The third-order valence-corrected chi connectivity index (χ3v) is 7.29. The third kappa shape index (κ3) is 2.91. The van der Waals surface area contributed by atoms with Gasteiger partial charge in [-0.1, -0.05) is 6.42 Å². The summed E-state index contributed by atoms with van der Waals surface area (Å²) in [6, 6.07) is 0.852. The number of aliphatic hydroxyl groups is 1. The topological polar surface area (TPSA) is 23.5 Å². The molecule has 0 aromatic carbocycles. The van der Waals surface area contributed by atoms with E-state index in [1.54, 1.807) is 38.5 Å². The monoisotopic (exact) mass is 291 g/mol. The Bertz CT molecular complexity index is 327. The zero-order valence-electron chi connectivity index (χ0n) is 13.6. The van der Waals surface area contributed by atoms with Crippen molar-refractivity contribution in [2.75, 3.05) is 19.7 Å². The first-order chi connectivity index (χ1) is 10.3. The lowest BCUT2D eigenvalue weighted by Crippen LogP contribution is -2.49. The fourth-order valence-corrected chi connectivity index (χ4v) is 6.48. The Hall–Kier alpha value is -0.0800. The number of hydrogen-bond donors (Lipinski definition) is 1. The third-order valence-electron chi connectivity index (χ3n) is 7.29. The van der Waals surface area contributed by atoms with Crippen molar-refractivity contribution < 1.29 is 5.11 Å². The van der Waals surface area contributed by atoms with Crippen LogP contribution in [0.4, 0.5) is 0 Å². The largest absolute Gasteiger partial charge is 0.396 e. The Kier molecular flexibility index (Phi) is 4.04. The van der Waals surface area contributed by atoms with Gasteiger partial charge < -0.3 is 10.0 Å². The van der Waals surface area contributed by atoms with Gasteiger partial charge in [0.2, 0.25) is 0 Å². The van der Waals surface area contributed by atoms with Crippen LogP contribution in [0.25, 0.3) is 0 Å². The van der Waals surface area contributed by atoms with Gasteiger partial charge in [-0.25, -0.2) is 0 Å². The lowest BCUT2D eigenvalue weighted by atomic mass is 9.49. The molecule has 5 rings (SSSR count). The highest BCUT2D eigenvalue weighted by Gasteiger charge is 2.50. The molecule has 4 bridgehead atoms. The van der Waals surface area contributed by atoms with Crippen LogP contribution in [0.1, 0.15) is 70.6 Å². The number of hydrogen-bond acceptors (Lipinski definition) is 2. The second-order valence-corrected chi connectivity index (χ2v) is 8.87. The summed E-state index contributed by atoms with van der Waals surface area (Å²) in [4.78, 5) is 2.73. The molecule has 2 heteroatoms. The van der Waals surface area contributed by atoms with Crippen molar-refractivity contribution in [3.05, 3.63) is 0 Å². The van der Waals surface area contributed by atoms with Gasteiger partial charge in [0.15, 0.2) is 0 Å². The molecule has 0 heterocycles. The minimum atomic E-state index is 0.362. The van der Waals surface area contributed by atoms with Crippen molar-refractivity contribution in [2.24, 2.45) is 23.2 Å². The van der Waals surface area contributed by atoms with Crippen LogP contribution < -0.4 is 0 Å². The van der Waals surface area contributed by atoms with Crippen LogP contribution in [0.15, 0.2) is 0 Å². The molecule has 5 aliphatic carbocycles. The average Bonchev–Trinajstić information content (AvgIpc) is 2.38. The van der Waals surface area contributed by atoms with Crippen LogP contribution in [0.2, 0.25) is 0 Å². The molecular weight excluding hydrogens is 258 g/mol. The first-order valence-electron chi connectivity index (χ1n) is 9.61. The predicted octanol–water partition coefficient (Wildman–Crippen LogP) is 3.83. The summed E-state index contributed by atoms with van der Waals surface area (Å²) in [5.41, 5.74) is 0.732. The number of nitrogens with zero attached hydrogens (tertiary/aromatic N) is 1. The van der Waals surface area contributed by atoms with Crippen LogP contribution in [0.5, 0.6) is 0 Å². The van der Waals surface area contributed by atoms with Gasteiger partial charge in [0, 0.05) is 19.2 Å². The fraction of sp³-hybridized carbons (Fsp3) is 1.00. The first-order valence-corrected chi connectivity index (χ1v) is 9.61. The van der Waals surface area contributed by atoms with Crippen LogP contribution in [-0.4, -0.2) is 35.7 Å². The van der Waals surface area contributed by atoms with E-state index in [2.05, 4.69) is 4.90 Å². The van der Waals surface area contributed by atoms with Gasteiger partial charge in [0.25, 0.3) is 0 Å². The van der Waals surface area contributed by atoms with E-state index in [0.717, 1.165) is 42.2 Å². The Morgan fingerprint density at radius 2 is 1.52 bits per heavy atom. The molecule has 21 heavy (non-hydrogen) atoms. The normalized spacial score (nSPS) is 41.7. The van der Waals surface area contributed by atoms with Crippen LogP contribution in [0, 0.1) is 23.2 Å². The Morgan fingerprint density at radius 1 is 0.905 bits per heavy atom. The van der Waals surface area contributed by atoms with Gasteiger partial charge in [-0.05, 0) is 93.9 Å². The Balaban J connectivity index is 1.36. The van der Waals surface area contributed by atoms with Gasteiger partial charge in [-0.15, -0.1) is 0 Å². The highest BCUT2D eigenvalue weighted by molar-refractivity contribution is 5.01. The molecule has 0 amide bonds. The second-order valence-electron chi connectivity index (χ2n) is 8.87. The van der Waals surface area contributed by atoms with Gasteiger partial charge in [-0.3, -0.25) is 0 Å². The Morgan fingerprint density at radius 3 is 2.00 bits per heavy atom. The van der Waals surface area contributed by atoms with E-state index in [1.165, 1.54) is 32.2 Å². The zero-order chi connectivity index (χ0) is 14.3. The van der Waals surface area contributed by atoms with Gasteiger partial charge in [-0.2, -0.15) is 0 Å². The van der Waals surface area contributed by atoms with Crippen LogP contribution >= 0.6 is 0 Å². The van der Waals surface area contributed by atoms with Crippen LogP contribution in [-0.2, 0) is 0 Å². The molecule has 0 aliphatic heterocycles. The predicted molar refractivity (Wildman–Crippen MR) is 86.1 cm³/mol. The van der Waals surface area contributed by atoms with Crippen molar-refractivity contribution in [3.8, 4) is 0 Å². The molecule has 0 aromatic heterocycles. The summed E-state index contributed by atoms with van der Waals surface area (Å²) in [5.74, 6) is 3.27. The van der Waals surface area contributed by atoms with Crippen molar-refractivity contribution in [1.29, 1.82) is 0 Å². The van der Waals surface area contributed by atoms with Gasteiger partial charge in [0.1, 0.15) is 0 Å². The number of aliphatic hydroxyl groups excluding tert-OH is 1. The van der Waals surface area contributed by atoms with Crippen molar-refractivity contribution in [1.82, 2.24) is 4.90 Å². The zero-order valence-corrected chi connectivity index (χ0v) is 13.6. The van der Waals surface area contributed by atoms with E-state index in [-0.39, 0.29) is 0 Å². The highest BCUT2D eigenvalue weighted by Crippen LogP contribution is 2.61. The molecule has 0 saturated heterocycles. The van der Waals surface area contributed by atoms with E-state index in [0.29, 0.717) is 6.61 Å². The maximum absolute atomic E-state index is 9.16. The molecule has 0 radical (unpaired) electrons. The summed E-state index contributed by atoms with van der Waals surface area (Å²) in [5, 5.41) is 9.16. The van der Waals surface area contributed by atoms with E-state index in [9.17, 15) is 0 Å². The summed E-state index contributed by atoms with van der Waals surface area (Å²) in [7, 11) is 0. The van der Waals surface area contributed by atoms with Crippen LogP contribution in [0.3, 0.4) is 0 Å². The van der Waals surface area contributed by atoms with E-state index in [1.807, 2.05) is 0 Å². The molecule has 0 spiro atoms. The molecule has 5 fully saturated rings. The maximum atomic E-state index is 9.16. The smallest absolute Gasteiger partial charge is 0.0443 e. The fourth-order valence-electron chi connectivity index (χ4n) is 6.48. The standard InChI is InChI=1S/C19H33NO/c21-8-2-6-20(18-3-1-4-18)7-5-19-12-15-9-16(13-19)11-17(10-15)14-19/h15-18,21H,1-14H2. The summed E-state index contributed by atoms with van der Waals surface area (Å²) in [6.07, 6.45) is 16.0. The molecule has 2 nitrogen and oxygen atoms in total. The minimum absolute atomic E-state index is 0.362. The minimum Gasteiger partial charge on any atom is -0.396 e. The summed E-state index contributed by atoms with van der Waals surface area (Å²) < 4.78 is 0. The molecule has 120 valence electrons. The SMILES string of the molecule is OCCCN(CCC12CC3CC(CC(C3)C1)C2)C1CCC1. The molecule has 5 saturated carbocycles. The second kappa shape index (κ2) is 5.85. The summed E-state index contributed by atoms with van der Waals surface area (Å²) in [6.45, 7) is 2.81. The number of rotatable bonds is 7.